The van der Waals surface area contributed by atoms with Crippen LogP contribution in [0.2, 0.25) is 0 Å². The van der Waals surface area contributed by atoms with E-state index in [9.17, 15) is 14.4 Å². The normalized spacial score (nSPS) is 10.4. The number of likely N-dealkylation sites (N-methyl/N-ethyl adjacent to an activating group) is 1. The molecule has 0 atom stereocenters. The number of aryl methyl sites for hydroxylation is 1. The summed E-state index contributed by atoms with van der Waals surface area (Å²) in [5.41, 5.74) is 0.916. The van der Waals surface area contributed by atoms with Crippen molar-refractivity contribution < 1.29 is 9.59 Å². The number of benzene rings is 1. The number of aromatic nitrogens is 1. The van der Waals surface area contributed by atoms with Crippen molar-refractivity contribution in [3.05, 3.63) is 64.1 Å². The molecule has 0 saturated carbocycles. The van der Waals surface area contributed by atoms with Crippen LogP contribution in [-0.4, -0.2) is 34.9 Å². The minimum Gasteiger partial charge on any atom is -0.344 e. The van der Waals surface area contributed by atoms with Gasteiger partial charge in [-0.2, -0.15) is 0 Å². The third-order valence-corrected chi connectivity index (χ3v) is 4.24. The molecule has 2 rings (SSSR count). The fourth-order valence-electron chi connectivity index (χ4n) is 2.52. The first-order valence-electron chi connectivity index (χ1n) is 8.74. The van der Waals surface area contributed by atoms with Crippen LogP contribution in [-0.2, 0) is 11.3 Å². The van der Waals surface area contributed by atoms with Crippen LogP contribution < -0.4 is 10.9 Å². The lowest BCUT2D eigenvalue weighted by Gasteiger charge is -2.19. The van der Waals surface area contributed by atoms with Crippen molar-refractivity contribution in [2.24, 2.45) is 0 Å². The molecule has 26 heavy (non-hydrogen) atoms. The summed E-state index contributed by atoms with van der Waals surface area (Å²) in [6.45, 7) is 4.45. The lowest BCUT2D eigenvalue weighted by molar-refractivity contribution is -0.130. The fourth-order valence-corrected chi connectivity index (χ4v) is 2.52. The largest absolute Gasteiger partial charge is 0.344 e. The van der Waals surface area contributed by atoms with Gasteiger partial charge in [-0.05, 0) is 37.6 Å². The highest BCUT2D eigenvalue weighted by Gasteiger charge is 2.15. The summed E-state index contributed by atoms with van der Waals surface area (Å²) in [7, 11) is 1.74. The average molecular weight is 355 g/mol. The number of hydrogen-bond acceptors (Lipinski definition) is 3. The Bertz CT molecular complexity index is 828. The maximum absolute atomic E-state index is 12.7. The summed E-state index contributed by atoms with van der Waals surface area (Å²) in [4.78, 5) is 39.0. The van der Waals surface area contributed by atoms with Crippen molar-refractivity contribution in [3.8, 4) is 0 Å². The van der Waals surface area contributed by atoms with Gasteiger partial charge in [0.05, 0.1) is 0 Å². The van der Waals surface area contributed by atoms with Crippen LogP contribution in [0.3, 0.4) is 0 Å². The Kier molecular flexibility index (Phi) is 6.72. The standard InChI is InChI=1S/C20H25N3O3/c1-4-5-13-22(3)18(24)14-23-15(2)11-12-17(20(23)26)21-19(25)16-9-7-6-8-10-16/h6-12H,4-5,13-14H2,1-3H3,(H,21,25). The van der Waals surface area contributed by atoms with Crippen LogP contribution in [0.15, 0.2) is 47.3 Å². The van der Waals surface area contributed by atoms with Gasteiger partial charge in [0.1, 0.15) is 12.2 Å². The Morgan fingerprint density at radius 2 is 1.81 bits per heavy atom. The first-order valence-corrected chi connectivity index (χ1v) is 8.74. The van der Waals surface area contributed by atoms with E-state index < -0.39 is 0 Å². The molecular weight excluding hydrogens is 330 g/mol. The number of carbonyl (C=O) groups excluding carboxylic acids is 2. The topological polar surface area (TPSA) is 71.4 Å². The highest BCUT2D eigenvalue weighted by Crippen LogP contribution is 2.07. The second kappa shape index (κ2) is 8.99. The quantitative estimate of drug-likeness (QED) is 0.830. The molecule has 2 amide bonds. The van der Waals surface area contributed by atoms with Crippen LogP contribution in [0, 0.1) is 6.92 Å². The predicted octanol–water partition coefficient (Wildman–Crippen LogP) is 2.67. The number of pyridine rings is 1. The summed E-state index contributed by atoms with van der Waals surface area (Å²) in [5, 5.41) is 2.63. The summed E-state index contributed by atoms with van der Waals surface area (Å²) in [6, 6.07) is 12.0. The average Bonchev–Trinajstić information content (AvgIpc) is 2.65. The molecule has 1 aromatic carbocycles. The van der Waals surface area contributed by atoms with Gasteiger partial charge >= 0.3 is 0 Å². The second-order valence-corrected chi connectivity index (χ2v) is 6.27. The van der Waals surface area contributed by atoms with E-state index >= 15 is 0 Å². The zero-order chi connectivity index (χ0) is 19.1. The summed E-state index contributed by atoms with van der Waals surface area (Å²) >= 11 is 0. The molecule has 6 heteroatoms. The van der Waals surface area contributed by atoms with Crippen molar-refractivity contribution in [2.75, 3.05) is 18.9 Å². The molecule has 6 nitrogen and oxygen atoms in total. The van der Waals surface area contributed by atoms with Gasteiger partial charge in [0.25, 0.3) is 11.5 Å². The molecule has 0 fully saturated rings. The zero-order valence-corrected chi connectivity index (χ0v) is 15.5. The Hall–Kier alpha value is -2.89. The van der Waals surface area contributed by atoms with Crippen molar-refractivity contribution in [1.82, 2.24) is 9.47 Å². The molecule has 1 N–H and O–H groups in total. The van der Waals surface area contributed by atoms with Gasteiger partial charge in [0.15, 0.2) is 0 Å². The Morgan fingerprint density at radius 1 is 1.12 bits per heavy atom. The van der Waals surface area contributed by atoms with Crippen molar-refractivity contribution in [1.29, 1.82) is 0 Å². The Balaban J connectivity index is 2.19. The monoisotopic (exact) mass is 355 g/mol. The maximum atomic E-state index is 12.7. The highest BCUT2D eigenvalue weighted by atomic mass is 16.2. The molecule has 1 aromatic heterocycles. The van der Waals surface area contributed by atoms with Gasteiger partial charge < -0.3 is 14.8 Å². The molecule has 1 heterocycles. The molecule has 138 valence electrons. The third-order valence-electron chi connectivity index (χ3n) is 4.24. The second-order valence-electron chi connectivity index (χ2n) is 6.27. The minimum atomic E-state index is -0.383. The lowest BCUT2D eigenvalue weighted by atomic mass is 10.2. The number of nitrogens with one attached hydrogen (secondary N) is 1. The van der Waals surface area contributed by atoms with E-state index in [-0.39, 0.29) is 29.6 Å². The van der Waals surface area contributed by atoms with Gasteiger partial charge in [-0.3, -0.25) is 14.4 Å². The summed E-state index contributed by atoms with van der Waals surface area (Å²) in [5.74, 6) is -0.486. The van der Waals surface area contributed by atoms with E-state index in [1.54, 1.807) is 55.3 Å². The van der Waals surface area contributed by atoms with E-state index in [1.165, 1.54) is 4.57 Å². The lowest BCUT2D eigenvalue weighted by Crippen LogP contribution is -2.36. The van der Waals surface area contributed by atoms with Gasteiger partial charge in [-0.15, -0.1) is 0 Å². The van der Waals surface area contributed by atoms with Crippen LogP contribution >= 0.6 is 0 Å². The van der Waals surface area contributed by atoms with E-state index in [4.69, 9.17) is 0 Å². The number of rotatable bonds is 7. The summed E-state index contributed by atoms with van der Waals surface area (Å²) < 4.78 is 1.39. The number of amides is 2. The number of anilines is 1. The van der Waals surface area contributed by atoms with Crippen LogP contribution in [0.1, 0.15) is 35.8 Å². The van der Waals surface area contributed by atoms with Crippen molar-refractivity contribution >= 4 is 17.5 Å². The van der Waals surface area contributed by atoms with Crippen LogP contribution in [0.5, 0.6) is 0 Å². The van der Waals surface area contributed by atoms with Gasteiger partial charge in [-0.25, -0.2) is 0 Å². The zero-order valence-electron chi connectivity index (χ0n) is 15.5. The maximum Gasteiger partial charge on any atom is 0.274 e. The fraction of sp³-hybridized carbons (Fsp3) is 0.350. The third kappa shape index (κ3) is 4.81. The van der Waals surface area contributed by atoms with Crippen LogP contribution in [0.25, 0.3) is 0 Å². The molecule has 0 bridgehead atoms. The van der Waals surface area contributed by atoms with Gasteiger partial charge in [0.2, 0.25) is 5.91 Å². The molecule has 2 aromatic rings. The van der Waals surface area contributed by atoms with E-state index in [1.807, 2.05) is 6.07 Å². The smallest absolute Gasteiger partial charge is 0.274 e. The molecule has 0 radical (unpaired) electrons. The Labute approximate surface area is 153 Å². The van der Waals surface area contributed by atoms with Crippen LogP contribution in [0.4, 0.5) is 5.69 Å². The molecule has 0 aliphatic carbocycles. The number of carbonyl (C=O) groups is 2. The number of hydrogen-bond donors (Lipinski definition) is 1. The molecule has 0 aliphatic rings. The molecule has 0 saturated heterocycles. The van der Waals surface area contributed by atoms with E-state index in [0.717, 1.165) is 12.8 Å². The highest BCUT2D eigenvalue weighted by molar-refractivity contribution is 6.04. The SMILES string of the molecule is CCCCN(C)C(=O)Cn1c(C)ccc(NC(=O)c2ccccc2)c1=O. The molecule has 0 spiro atoms. The number of nitrogens with zero attached hydrogens (tertiary/aromatic N) is 2. The Morgan fingerprint density at radius 3 is 2.46 bits per heavy atom. The predicted molar refractivity (Wildman–Crippen MR) is 102 cm³/mol. The van der Waals surface area contributed by atoms with Crippen molar-refractivity contribution in [2.45, 2.75) is 33.2 Å². The number of unbranched alkanes of at least 4 members (excludes halogenated alkanes) is 1. The first-order chi connectivity index (χ1) is 12.4. The molecular formula is C20H25N3O3. The van der Waals surface area contributed by atoms with E-state index in [2.05, 4.69) is 12.2 Å². The van der Waals surface area contributed by atoms with Crippen molar-refractivity contribution in [3.63, 3.8) is 0 Å². The molecule has 0 unspecified atom stereocenters. The molecule has 0 aliphatic heterocycles. The first kappa shape index (κ1) is 19.4. The summed E-state index contributed by atoms with van der Waals surface area (Å²) in [6.07, 6.45) is 1.92. The minimum absolute atomic E-state index is 0.0417. The van der Waals surface area contributed by atoms with Gasteiger partial charge in [0, 0.05) is 24.8 Å². The van der Waals surface area contributed by atoms with E-state index in [0.29, 0.717) is 17.8 Å². The van der Waals surface area contributed by atoms with Gasteiger partial charge in [-0.1, -0.05) is 31.5 Å².